The second-order valence-corrected chi connectivity index (χ2v) is 8.12. The van der Waals surface area contributed by atoms with Crippen molar-refractivity contribution < 1.29 is 4.74 Å². The first kappa shape index (κ1) is 18.5. The minimum absolute atomic E-state index is 0.655. The third-order valence-corrected chi connectivity index (χ3v) is 6.11. The van der Waals surface area contributed by atoms with Gasteiger partial charge in [-0.2, -0.15) is 0 Å². The Morgan fingerprint density at radius 3 is 2.67 bits per heavy atom. The van der Waals surface area contributed by atoms with Crippen LogP contribution in [0.15, 0.2) is 48.5 Å². The quantitative estimate of drug-likeness (QED) is 0.836. The summed E-state index contributed by atoms with van der Waals surface area (Å²) >= 11 is 0. The smallest absolute Gasteiger partial charge is 0.0506 e. The first-order valence-corrected chi connectivity index (χ1v) is 10.5. The Hall–Kier alpha value is -1.84. The first-order chi connectivity index (χ1) is 13.3. The summed E-state index contributed by atoms with van der Waals surface area (Å²) in [5, 5.41) is 3.80. The van der Waals surface area contributed by atoms with Crippen LogP contribution in [0.3, 0.4) is 0 Å². The molecule has 2 aromatic carbocycles. The van der Waals surface area contributed by atoms with Gasteiger partial charge in [-0.25, -0.2) is 0 Å². The number of hydrogen-bond acceptors (Lipinski definition) is 3. The Bertz CT molecular complexity index is 731. The van der Waals surface area contributed by atoms with E-state index >= 15 is 0 Å². The van der Waals surface area contributed by atoms with Crippen LogP contribution in [0.2, 0.25) is 0 Å². The SMILES string of the molecule is Cc1ccccc1-c1cccc(N2CCC(NCC3CCCOC3)CC2)c1. The molecule has 3 heteroatoms. The predicted octanol–water partition coefficient (Wildman–Crippen LogP) is 4.65. The van der Waals surface area contributed by atoms with Gasteiger partial charge in [0.05, 0.1) is 6.61 Å². The maximum absolute atomic E-state index is 5.60. The maximum atomic E-state index is 5.60. The zero-order valence-corrected chi connectivity index (χ0v) is 16.5. The van der Waals surface area contributed by atoms with Gasteiger partial charge in [0.25, 0.3) is 0 Å². The molecule has 0 amide bonds. The van der Waals surface area contributed by atoms with Crippen molar-refractivity contribution >= 4 is 5.69 Å². The lowest BCUT2D eigenvalue weighted by Crippen LogP contribution is -2.44. The highest BCUT2D eigenvalue weighted by molar-refractivity contribution is 5.71. The van der Waals surface area contributed by atoms with E-state index in [1.165, 1.54) is 48.1 Å². The van der Waals surface area contributed by atoms with Gasteiger partial charge in [-0.15, -0.1) is 0 Å². The van der Waals surface area contributed by atoms with E-state index in [0.717, 1.165) is 32.8 Å². The normalized spacial score (nSPS) is 21.4. The number of piperidine rings is 1. The Balaban J connectivity index is 1.33. The monoisotopic (exact) mass is 364 g/mol. The molecule has 1 N–H and O–H groups in total. The van der Waals surface area contributed by atoms with E-state index in [4.69, 9.17) is 4.74 Å². The van der Waals surface area contributed by atoms with Crippen molar-refractivity contribution in [2.75, 3.05) is 37.7 Å². The van der Waals surface area contributed by atoms with Crippen LogP contribution in [0, 0.1) is 12.8 Å². The van der Waals surface area contributed by atoms with Crippen molar-refractivity contribution in [3.63, 3.8) is 0 Å². The van der Waals surface area contributed by atoms with Crippen LogP contribution < -0.4 is 10.2 Å². The van der Waals surface area contributed by atoms with Crippen molar-refractivity contribution in [1.29, 1.82) is 0 Å². The number of nitrogens with one attached hydrogen (secondary N) is 1. The minimum atomic E-state index is 0.655. The average Bonchev–Trinajstić information content (AvgIpc) is 2.74. The molecule has 0 spiro atoms. The predicted molar refractivity (Wildman–Crippen MR) is 113 cm³/mol. The van der Waals surface area contributed by atoms with Crippen LogP contribution >= 0.6 is 0 Å². The Morgan fingerprint density at radius 2 is 1.89 bits per heavy atom. The molecule has 2 aromatic rings. The van der Waals surface area contributed by atoms with E-state index in [-0.39, 0.29) is 0 Å². The molecule has 1 unspecified atom stereocenters. The molecule has 144 valence electrons. The summed E-state index contributed by atoms with van der Waals surface area (Å²) in [4.78, 5) is 2.55. The van der Waals surface area contributed by atoms with Crippen LogP contribution in [0.4, 0.5) is 5.69 Å². The number of nitrogens with zero attached hydrogens (tertiary/aromatic N) is 1. The van der Waals surface area contributed by atoms with Gasteiger partial charge < -0.3 is 15.0 Å². The Kier molecular flexibility index (Phi) is 6.10. The lowest BCUT2D eigenvalue weighted by molar-refractivity contribution is 0.0535. The molecule has 27 heavy (non-hydrogen) atoms. The highest BCUT2D eigenvalue weighted by Gasteiger charge is 2.21. The minimum Gasteiger partial charge on any atom is -0.381 e. The summed E-state index contributed by atoms with van der Waals surface area (Å²) in [6.45, 7) is 7.48. The zero-order chi connectivity index (χ0) is 18.5. The van der Waals surface area contributed by atoms with Gasteiger partial charge in [0, 0.05) is 38.0 Å². The first-order valence-electron chi connectivity index (χ1n) is 10.5. The second kappa shape index (κ2) is 8.90. The van der Waals surface area contributed by atoms with Crippen LogP contribution in [0.5, 0.6) is 0 Å². The number of anilines is 1. The van der Waals surface area contributed by atoms with Crippen molar-refractivity contribution in [3.05, 3.63) is 54.1 Å². The molecule has 2 heterocycles. The van der Waals surface area contributed by atoms with Gasteiger partial charge >= 0.3 is 0 Å². The van der Waals surface area contributed by atoms with Crippen molar-refractivity contribution in [3.8, 4) is 11.1 Å². The lowest BCUT2D eigenvalue weighted by atomic mass is 9.98. The molecule has 4 rings (SSSR count). The average molecular weight is 365 g/mol. The third kappa shape index (κ3) is 4.72. The van der Waals surface area contributed by atoms with Gasteiger partial charge in [-0.3, -0.25) is 0 Å². The summed E-state index contributed by atoms with van der Waals surface area (Å²) in [7, 11) is 0. The molecule has 3 nitrogen and oxygen atoms in total. The van der Waals surface area contributed by atoms with E-state index in [0.29, 0.717) is 12.0 Å². The van der Waals surface area contributed by atoms with E-state index < -0.39 is 0 Å². The summed E-state index contributed by atoms with van der Waals surface area (Å²) in [6.07, 6.45) is 4.99. The Labute approximate surface area is 163 Å². The molecule has 2 aliphatic rings. The molecule has 2 saturated heterocycles. The topological polar surface area (TPSA) is 24.5 Å². The number of benzene rings is 2. The van der Waals surface area contributed by atoms with Crippen LogP contribution in [0.25, 0.3) is 11.1 Å². The summed E-state index contributed by atoms with van der Waals surface area (Å²) in [6, 6.07) is 18.4. The molecule has 0 radical (unpaired) electrons. The molecule has 0 aromatic heterocycles. The number of ether oxygens (including phenoxy) is 1. The fourth-order valence-corrected chi connectivity index (χ4v) is 4.41. The van der Waals surface area contributed by atoms with E-state index in [1.54, 1.807) is 0 Å². The van der Waals surface area contributed by atoms with Gasteiger partial charge in [-0.05, 0) is 67.3 Å². The molecular weight excluding hydrogens is 332 g/mol. The molecule has 0 saturated carbocycles. The fraction of sp³-hybridized carbons (Fsp3) is 0.500. The highest BCUT2D eigenvalue weighted by atomic mass is 16.5. The van der Waals surface area contributed by atoms with Crippen LogP contribution in [-0.4, -0.2) is 38.9 Å². The van der Waals surface area contributed by atoms with Crippen molar-refractivity contribution in [2.24, 2.45) is 5.92 Å². The van der Waals surface area contributed by atoms with Gasteiger partial charge in [0.1, 0.15) is 0 Å². The molecular formula is C24H32N2O. The van der Waals surface area contributed by atoms with E-state index in [9.17, 15) is 0 Å². The van der Waals surface area contributed by atoms with Crippen molar-refractivity contribution in [1.82, 2.24) is 5.32 Å². The zero-order valence-electron chi connectivity index (χ0n) is 16.5. The van der Waals surface area contributed by atoms with Gasteiger partial charge in [0.2, 0.25) is 0 Å². The molecule has 0 aliphatic carbocycles. The Morgan fingerprint density at radius 1 is 1.04 bits per heavy atom. The van der Waals surface area contributed by atoms with E-state index in [1.807, 2.05) is 0 Å². The molecule has 2 aliphatic heterocycles. The highest BCUT2D eigenvalue weighted by Crippen LogP contribution is 2.28. The molecule has 0 bridgehead atoms. The summed E-state index contributed by atoms with van der Waals surface area (Å²) < 4.78 is 5.60. The number of rotatable bonds is 5. The molecule has 1 atom stereocenters. The van der Waals surface area contributed by atoms with Crippen LogP contribution in [0.1, 0.15) is 31.2 Å². The van der Waals surface area contributed by atoms with Gasteiger partial charge in [-0.1, -0.05) is 36.4 Å². The number of aryl methyl sites for hydroxylation is 1. The van der Waals surface area contributed by atoms with E-state index in [2.05, 4.69) is 65.7 Å². The van der Waals surface area contributed by atoms with Crippen LogP contribution in [-0.2, 0) is 4.74 Å². The molecule has 2 fully saturated rings. The lowest BCUT2D eigenvalue weighted by Gasteiger charge is -2.35. The largest absolute Gasteiger partial charge is 0.381 e. The summed E-state index contributed by atoms with van der Waals surface area (Å²) in [5.41, 5.74) is 5.35. The van der Waals surface area contributed by atoms with Gasteiger partial charge in [0.15, 0.2) is 0 Å². The standard InChI is InChI=1S/C24H32N2O/c1-19-6-2-3-10-24(19)21-8-4-9-23(16-21)26-13-11-22(12-14-26)25-17-20-7-5-15-27-18-20/h2-4,6,8-10,16,20,22,25H,5,7,11-15,17-18H2,1H3. The fourth-order valence-electron chi connectivity index (χ4n) is 4.41. The number of hydrogen-bond donors (Lipinski definition) is 1. The third-order valence-electron chi connectivity index (χ3n) is 6.11. The second-order valence-electron chi connectivity index (χ2n) is 8.12. The van der Waals surface area contributed by atoms with Crippen molar-refractivity contribution in [2.45, 2.75) is 38.6 Å². The summed E-state index contributed by atoms with van der Waals surface area (Å²) in [5.74, 6) is 0.711. The maximum Gasteiger partial charge on any atom is 0.0506 e.